The molecule has 0 bridgehead atoms. The molecule has 7 nitrogen and oxygen atoms in total. The molecule has 7 heteroatoms. The van der Waals surface area contributed by atoms with Crippen LogP contribution in [0.4, 0.5) is 11.5 Å². The quantitative estimate of drug-likeness (QED) is 0.870. The Bertz CT molecular complexity index is 748. The van der Waals surface area contributed by atoms with Crippen LogP contribution >= 0.6 is 0 Å². The molecule has 1 aliphatic rings. The van der Waals surface area contributed by atoms with E-state index in [0.717, 1.165) is 24.1 Å². The van der Waals surface area contributed by atoms with Gasteiger partial charge in [0.2, 0.25) is 5.91 Å². The summed E-state index contributed by atoms with van der Waals surface area (Å²) in [4.78, 5) is 26.9. The van der Waals surface area contributed by atoms with Crippen molar-refractivity contribution in [3.05, 3.63) is 35.8 Å². The summed E-state index contributed by atoms with van der Waals surface area (Å²) in [6.07, 6.45) is 5.46. The Morgan fingerprint density at radius 3 is 2.88 bits per heavy atom. The van der Waals surface area contributed by atoms with Crippen LogP contribution in [0.1, 0.15) is 37.9 Å². The molecule has 1 amide bonds. The fourth-order valence-electron chi connectivity index (χ4n) is 2.77. The summed E-state index contributed by atoms with van der Waals surface area (Å²) in [6, 6.07) is 4.31. The molecule has 0 spiro atoms. The van der Waals surface area contributed by atoms with E-state index in [4.69, 9.17) is 4.74 Å². The number of pyridine rings is 1. The molecule has 0 saturated heterocycles. The Morgan fingerprint density at radius 1 is 1.32 bits per heavy atom. The number of amides is 1. The van der Waals surface area contributed by atoms with Crippen molar-refractivity contribution in [3.63, 3.8) is 0 Å². The third kappa shape index (κ3) is 4.23. The summed E-state index contributed by atoms with van der Waals surface area (Å²) in [5.41, 5.74) is 2.59. The van der Waals surface area contributed by atoms with E-state index in [1.54, 1.807) is 6.20 Å². The first-order chi connectivity index (χ1) is 12.0. The number of hydrogen-bond acceptors (Lipinski definition) is 6. The number of hydrogen-bond donors (Lipinski definition) is 1. The molecule has 0 saturated carbocycles. The molecule has 1 atom stereocenters. The van der Waals surface area contributed by atoms with Gasteiger partial charge in [-0.3, -0.25) is 9.78 Å². The van der Waals surface area contributed by atoms with Gasteiger partial charge in [0.25, 0.3) is 0 Å². The smallest absolute Gasteiger partial charge is 0.318 e. The minimum Gasteiger partial charge on any atom is -0.460 e. The SMILES string of the molecule is CCCC(C)Oc1ncc2c(n1)N(Cc1ccc(C)nc1)CC(=O)N2. The van der Waals surface area contributed by atoms with Crippen molar-refractivity contribution in [1.82, 2.24) is 15.0 Å². The van der Waals surface area contributed by atoms with Crippen molar-refractivity contribution in [1.29, 1.82) is 0 Å². The normalized spacial score (nSPS) is 14.7. The Labute approximate surface area is 147 Å². The molecule has 2 aromatic heterocycles. The predicted molar refractivity (Wildman–Crippen MR) is 95.7 cm³/mol. The summed E-state index contributed by atoms with van der Waals surface area (Å²) in [6.45, 7) is 6.85. The molecule has 0 radical (unpaired) electrons. The van der Waals surface area contributed by atoms with Crippen molar-refractivity contribution in [2.45, 2.75) is 46.3 Å². The van der Waals surface area contributed by atoms with E-state index in [1.165, 1.54) is 0 Å². The summed E-state index contributed by atoms with van der Waals surface area (Å²) >= 11 is 0. The van der Waals surface area contributed by atoms with Crippen LogP contribution in [0.25, 0.3) is 0 Å². The highest BCUT2D eigenvalue weighted by Crippen LogP contribution is 2.29. The van der Waals surface area contributed by atoms with E-state index in [-0.39, 0.29) is 18.6 Å². The summed E-state index contributed by atoms with van der Waals surface area (Å²) in [5, 5.41) is 2.81. The standard InChI is InChI=1S/C18H23N5O2/c1-4-5-13(3)25-18-20-9-15-17(22-18)23(11-16(24)21-15)10-14-7-6-12(2)19-8-14/h6-9,13H,4-5,10-11H2,1-3H3,(H,21,24). The zero-order chi connectivity index (χ0) is 17.8. The van der Waals surface area contributed by atoms with E-state index in [1.807, 2.05) is 37.1 Å². The zero-order valence-corrected chi connectivity index (χ0v) is 14.8. The van der Waals surface area contributed by atoms with Crippen LogP contribution in [0.15, 0.2) is 24.5 Å². The molecule has 3 rings (SSSR count). The Balaban J connectivity index is 1.83. The van der Waals surface area contributed by atoms with Crippen LogP contribution in [0, 0.1) is 6.92 Å². The zero-order valence-electron chi connectivity index (χ0n) is 14.8. The van der Waals surface area contributed by atoms with Crippen LogP contribution in [0.3, 0.4) is 0 Å². The third-order valence-corrected chi connectivity index (χ3v) is 4.00. The Kier molecular flexibility index (Phi) is 5.11. The van der Waals surface area contributed by atoms with E-state index in [0.29, 0.717) is 24.1 Å². The van der Waals surface area contributed by atoms with Gasteiger partial charge >= 0.3 is 6.01 Å². The number of anilines is 2. The molecule has 2 aromatic rings. The minimum atomic E-state index is -0.0795. The summed E-state index contributed by atoms with van der Waals surface area (Å²) in [5.74, 6) is 0.595. The maximum Gasteiger partial charge on any atom is 0.318 e. The maximum atomic E-state index is 12.0. The number of ether oxygens (including phenoxy) is 1. The first-order valence-corrected chi connectivity index (χ1v) is 8.55. The van der Waals surface area contributed by atoms with Gasteiger partial charge in [-0.25, -0.2) is 4.98 Å². The minimum absolute atomic E-state index is 0.0518. The number of carbonyl (C=O) groups is 1. The van der Waals surface area contributed by atoms with Crippen LogP contribution < -0.4 is 15.0 Å². The Hall–Kier alpha value is -2.70. The number of rotatable bonds is 6. The molecule has 25 heavy (non-hydrogen) atoms. The van der Waals surface area contributed by atoms with Gasteiger partial charge in [0.15, 0.2) is 5.82 Å². The van der Waals surface area contributed by atoms with Crippen molar-refractivity contribution in [2.24, 2.45) is 0 Å². The van der Waals surface area contributed by atoms with Gasteiger partial charge in [0.1, 0.15) is 5.69 Å². The average Bonchev–Trinajstić information content (AvgIpc) is 2.57. The first-order valence-electron chi connectivity index (χ1n) is 8.55. The van der Waals surface area contributed by atoms with Crippen LogP contribution in [0.5, 0.6) is 6.01 Å². The second kappa shape index (κ2) is 7.46. The van der Waals surface area contributed by atoms with Crippen LogP contribution in [-0.4, -0.2) is 33.5 Å². The van der Waals surface area contributed by atoms with Gasteiger partial charge < -0.3 is 15.0 Å². The fraction of sp³-hybridized carbons (Fsp3) is 0.444. The highest BCUT2D eigenvalue weighted by atomic mass is 16.5. The molecule has 1 N–H and O–H groups in total. The monoisotopic (exact) mass is 341 g/mol. The van der Waals surface area contributed by atoms with Crippen molar-refractivity contribution >= 4 is 17.4 Å². The van der Waals surface area contributed by atoms with Gasteiger partial charge in [-0.05, 0) is 31.9 Å². The molecule has 132 valence electrons. The number of nitrogens with one attached hydrogen (secondary N) is 1. The molecular formula is C18H23N5O2. The van der Waals surface area contributed by atoms with E-state index in [9.17, 15) is 4.79 Å². The van der Waals surface area contributed by atoms with Gasteiger partial charge in [0, 0.05) is 18.4 Å². The second-order valence-electron chi connectivity index (χ2n) is 6.32. The first kappa shape index (κ1) is 17.1. The Morgan fingerprint density at radius 2 is 2.16 bits per heavy atom. The lowest BCUT2D eigenvalue weighted by Crippen LogP contribution is -2.38. The number of carbonyl (C=O) groups excluding carboxylic acids is 1. The molecule has 0 aliphatic carbocycles. The summed E-state index contributed by atoms with van der Waals surface area (Å²) < 4.78 is 5.79. The molecule has 1 aliphatic heterocycles. The van der Waals surface area contributed by atoms with Crippen LogP contribution in [0.2, 0.25) is 0 Å². The highest BCUT2D eigenvalue weighted by Gasteiger charge is 2.25. The number of nitrogens with zero attached hydrogens (tertiary/aromatic N) is 4. The number of fused-ring (bicyclic) bond motifs is 1. The highest BCUT2D eigenvalue weighted by molar-refractivity contribution is 6.00. The van der Waals surface area contributed by atoms with Crippen LogP contribution in [-0.2, 0) is 11.3 Å². The van der Waals surface area contributed by atoms with Gasteiger partial charge in [-0.1, -0.05) is 19.4 Å². The number of aromatic nitrogens is 3. The van der Waals surface area contributed by atoms with Gasteiger partial charge in [-0.15, -0.1) is 0 Å². The summed E-state index contributed by atoms with van der Waals surface area (Å²) in [7, 11) is 0. The van der Waals surface area contributed by atoms with Crippen molar-refractivity contribution < 1.29 is 9.53 Å². The van der Waals surface area contributed by atoms with E-state index < -0.39 is 0 Å². The lowest BCUT2D eigenvalue weighted by atomic mass is 10.2. The van der Waals surface area contributed by atoms with Crippen molar-refractivity contribution in [2.75, 3.05) is 16.8 Å². The third-order valence-electron chi connectivity index (χ3n) is 4.00. The topological polar surface area (TPSA) is 80.2 Å². The lowest BCUT2D eigenvalue weighted by Gasteiger charge is -2.29. The maximum absolute atomic E-state index is 12.0. The average molecular weight is 341 g/mol. The largest absolute Gasteiger partial charge is 0.460 e. The molecule has 0 aromatic carbocycles. The number of aryl methyl sites for hydroxylation is 1. The van der Waals surface area contributed by atoms with E-state index in [2.05, 4.69) is 27.2 Å². The van der Waals surface area contributed by atoms with E-state index >= 15 is 0 Å². The fourth-order valence-corrected chi connectivity index (χ4v) is 2.77. The molecule has 3 heterocycles. The molecular weight excluding hydrogens is 318 g/mol. The van der Waals surface area contributed by atoms with Crippen molar-refractivity contribution in [3.8, 4) is 6.01 Å². The van der Waals surface area contributed by atoms with Gasteiger partial charge in [0.05, 0.1) is 18.8 Å². The second-order valence-corrected chi connectivity index (χ2v) is 6.32. The predicted octanol–water partition coefficient (Wildman–Crippen LogP) is 2.71. The molecule has 1 unspecified atom stereocenters. The molecule has 0 fully saturated rings. The van der Waals surface area contributed by atoms with Gasteiger partial charge in [-0.2, -0.15) is 4.98 Å². The lowest BCUT2D eigenvalue weighted by molar-refractivity contribution is -0.115.